The van der Waals surface area contributed by atoms with Crippen molar-refractivity contribution in [3.63, 3.8) is 0 Å². The molecule has 1 aromatic carbocycles. The van der Waals surface area contributed by atoms with E-state index in [-0.39, 0.29) is 5.56 Å². The average Bonchev–Trinajstić information content (AvgIpc) is 2.38. The summed E-state index contributed by atoms with van der Waals surface area (Å²) in [6.45, 7) is 0.489. The van der Waals surface area contributed by atoms with E-state index in [1.807, 2.05) is 18.2 Å². The minimum atomic E-state index is -0.958. The van der Waals surface area contributed by atoms with Crippen LogP contribution in [0, 0.1) is 0 Å². The number of aromatic carboxylic acids is 1. The Morgan fingerprint density at radius 2 is 2.17 bits per heavy atom. The molecular weight excluding hydrogens is 296 g/mol. The molecule has 0 radical (unpaired) electrons. The van der Waals surface area contributed by atoms with Gasteiger partial charge in [0.05, 0.1) is 17.8 Å². The van der Waals surface area contributed by atoms with E-state index >= 15 is 0 Å². The lowest BCUT2D eigenvalue weighted by atomic mass is 10.2. The number of nitrogens with zero attached hydrogens (tertiary/aromatic N) is 1. The number of carbonyl (C=O) groups is 1. The Morgan fingerprint density at radius 1 is 1.33 bits per heavy atom. The largest absolute Gasteiger partial charge is 0.478 e. The van der Waals surface area contributed by atoms with Crippen LogP contribution >= 0.6 is 15.9 Å². The summed E-state index contributed by atoms with van der Waals surface area (Å²) in [7, 11) is 0. The number of halogens is 1. The van der Waals surface area contributed by atoms with Crippen molar-refractivity contribution < 1.29 is 9.90 Å². The summed E-state index contributed by atoms with van der Waals surface area (Å²) >= 11 is 3.26. The first kappa shape index (κ1) is 12.6. The molecule has 0 spiro atoms. The fourth-order valence-corrected chi connectivity index (χ4v) is 1.90. The minimum Gasteiger partial charge on any atom is -0.478 e. The SMILES string of the molecule is O=C(O)c1cc(Br)ccc1NCc1ccccn1. The van der Waals surface area contributed by atoms with Crippen LogP contribution in [0.4, 0.5) is 5.69 Å². The molecule has 0 aliphatic heterocycles. The van der Waals surface area contributed by atoms with E-state index in [0.717, 1.165) is 10.2 Å². The molecule has 0 aliphatic rings. The Bertz CT molecular complexity index is 558. The normalized spacial score (nSPS) is 10.1. The topological polar surface area (TPSA) is 62.2 Å². The zero-order valence-electron chi connectivity index (χ0n) is 9.43. The van der Waals surface area contributed by atoms with Gasteiger partial charge in [0.2, 0.25) is 0 Å². The molecule has 2 N–H and O–H groups in total. The highest BCUT2D eigenvalue weighted by atomic mass is 79.9. The third-order valence-corrected chi connectivity index (χ3v) is 2.89. The summed E-state index contributed by atoms with van der Waals surface area (Å²) in [4.78, 5) is 15.3. The highest BCUT2D eigenvalue weighted by Gasteiger charge is 2.10. The van der Waals surface area contributed by atoms with Crippen molar-refractivity contribution in [3.8, 4) is 0 Å². The smallest absolute Gasteiger partial charge is 0.337 e. The number of hydrogen-bond donors (Lipinski definition) is 2. The predicted octanol–water partition coefficient (Wildman–Crippen LogP) is 3.15. The van der Waals surface area contributed by atoms with Crippen LogP contribution in [0.25, 0.3) is 0 Å². The average molecular weight is 307 g/mol. The number of pyridine rings is 1. The molecular formula is C13H11BrN2O2. The molecule has 1 heterocycles. The van der Waals surface area contributed by atoms with Crippen molar-refractivity contribution in [1.29, 1.82) is 0 Å². The van der Waals surface area contributed by atoms with Crippen LogP contribution in [0.3, 0.4) is 0 Å². The first-order valence-corrected chi connectivity index (χ1v) is 6.13. The number of anilines is 1. The van der Waals surface area contributed by atoms with Gasteiger partial charge < -0.3 is 10.4 Å². The minimum absolute atomic E-state index is 0.236. The van der Waals surface area contributed by atoms with Gasteiger partial charge >= 0.3 is 5.97 Å². The molecule has 0 atom stereocenters. The number of benzene rings is 1. The second-order valence-electron chi connectivity index (χ2n) is 3.67. The number of nitrogens with one attached hydrogen (secondary N) is 1. The maximum Gasteiger partial charge on any atom is 0.337 e. The number of hydrogen-bond acceptors (Lipinski definition) is 3. The Balaban J connectivity index is 2.17. The van der Waals surface area contributed by atoms with Crippen LogP contribution in [0.5, 0.6) is 0 Å². The van der Waals surface area contributed by atoms with Gasteiger partial charge in [-0.05, 0) is 30.3 Å². The first-order valence-electron chi connectivity index (χ1n) is 5.33. The number of carboxylic acid groups (broad SMARTS) is 1. The van der Waals surface area contributed by atoms with E-state index in [9.17, 15) is 4.79 Å². The van der Waals surface area contributed by atoms with Crippen molar-refractivity contribution in [2.45, 2.75) is 6.54 Å². The molecule has 0 unspecified atom stereocenters. The van der Waals surface area contributed by atoms with Crippen molar-refractivity contribution in [2.75, 3.05) is 5.32 Å². The van der Waals surface area contributed by atoms with Crippen LogP contribution in [-0.2, 0) is 6.54 Å². The number of rotatable bonds is 4. The molecule has 0 saturated heterocycles. The van der Waals surface area contributed by atoms with Gasteiger partial charge in [0.25, 0.3) is 0 Å². The fraction of sp³-hybridized carbons (Fsp3) is 0.0769. The van der Waals surface area contributed by atoms with Gasteiger partial charge in [-0.3, -0.25) is 4.98 Å². The van der Waals surface area contributed by atoms with E-state index in [1.54, 1.807) is 24.4 Å². The van der Waals surface area contributed by atoms with Crippen LogP contribution in [0.1, 0.15) is 16.1 Å². The van der Waals surface area contributed by atoms with Crippen LogP contribution in [-0.4, -0.2) is 16.1 Å². The van der Waals surface area contributed by atoms with Crippen molar-refractivity contribution in [3.05, 3.63) is 58.3 Å². The Labute approximate surface area is 113 Å². The monoisotopic (exact) mass is 306 g/mol. The van der Waals surface area contributed by atoms with Gasteiger partial charge in [-0.2, -0.15) is 0 Å². The molecule has 1 aromatic heterocycles. The Kier molecular flexibility index (Phi) is 3.94. The Hall–Kier alpha value is -1.88. The quantitative estimate of drug-likeness (QED) is 0.911. The third kappa shape index (κ3) is 3.07. The van der Waals surface area contributed by atoms with Gasteiger partial charge in [-0.15, -0.1) is 0 Å². The van der Waals surface area contributed by atoms with Crippen LogP contribution in [0.15, 0.2) is 47.1 Å². The lowest BCUT2D eigenvalue weighted by Crippen LogP contribution is -2.07. The van der Waals surface area contributed by atoms with E-state index in [4.69, 9.17) is 5.11 Å². The van der Waals surface area contributed by atoms with Crippen molar-refractivity contribution in [2.24, 2.45) is 0 Å². The summed E-state index contributed by atoms with van der Waals surface area (Å²) in [6.07, 6.45) is 1.71. The molecule has 2 rings (SSSR count). The standard InChI is InChI=1S/C13H11BrN2O2/c14-9-4-5-12(11(7-9)13(17)18)16-8-10-3-1-2-6-15-10/h1-7,16H,8H2,(H,17,18). The zero-order chi connectivity index (χ0) is 13.0. The van der Waals surface area contributed by atoms with E-state index in [1.165, 1.54) is 0 Å². The lowest BCUT2D eigenvalue weighted by Gasteiger charge is -2.09. The predicted molar refractivity (Wildman–Crippen MR) is 72.7 cm³/mol. The summed E-state index contributed by atoms with van der Waals surface area (Å²) in [6, 6.07) is 10.7. The summed E-state index contributed by atoms with van der Waals surface area (Å²) in [5.74, 6) is -0.958. The highest BCUT2D eigenvalue weighted by molar-refractivity contribution is 9.10. The van der Waals surface area contributed by atoms with E-state index < -0.39 is 5.97 Å². The van der Waals surface area contributed by atoms with Crippen molar-refractivity contribution in [1.82, 2.24) is 4.98 Å². The van der Waals surface area contributed by atoms with Crippen molar-refractivity contribution >= 4 is 27.6 Å². The molecule has 5 heteroatoms. The number of carboxylic acids is 1. The van der Waals surface area contributed by atoms with Gasteiger partial charge in [0.1, 0.15) is 0 Å². The third-order valence-electron chi connectivity index (χ3n) is 2.40. The molecule has 0 bridgehead atoms. The summed E-state index contributed by atoms with van der Waals surface area (Å²) in [5.41, 5.74) is 1.67. The molecule has 0 aliphatic carbocycles. The fourth-order valence-electron chi connectivity index (χ4n) is 1.54. The molecule has 2 aromatic rings. The summed E-state index contributed by atoms with van der Waals surface area (Å²) < 4.78 is 0.739. The maximum atomic E-state index is 11.1. The lowest BCUT2D eigenvalue weighted by molar-refractivity contribution is 0.0698. The molecule has 0 saturated carbocycles. The van der Waals surface area contributed by atoms with Gasteiger partial charge in [0, 0.05) is 16.4 Å². The second-order valence-corrected chi connectivity index (χ2v) is 4.59. The van der Waals surface area contributed by atoms with Gasteiger partial charge in [-0.1, -0.05) is 22.0 Å². The van der Waals surface area contributed by atoms with E-state index in [2.05, 4.69) is 26.2 Å². The number of aromatic nitrogens is 1. The molecule has 92 valence electrons. The Morgan fingerprint density at radius 3 is 2.83 bits per heavy atom. The highest BCUT2D eigenvalue weighted by Crippen LogP contribution is 2.21. The molecule has 18 heavy (non-hydrogen) atoms. The van der Waals surface area contributed by atoms with Gasteiger partial charge in [-0.25, -0.2) is 4.79 Å². The molecule has 4 nitrogen and oxygen atoms in total. The van der Waals surface area contributed by atoms with Crippen LogP contribution < -0.4 is 5.32 Å². The second kappa shape index (κ2) is 5.64. The van der Waals surface area contributed by atoms with Gasteiger partial charge in [0.15, 0.2) is 0 Å². The molecule has 0 fully saturated rings. The maximum absolute atomic E-state index is 11.1. The summed E-state index contributed by atoms with van der Waals surface area (Å²) in [5, 5.41) is 12.2. The van der Waals surface area contributed by atoms with E-state index in [0.29, 0.717) is 12.2 Å². The first-order chi connectivity index (χ1) is 8.66. The zero-order valence-corrected chi connectivity index (χ0v) is 11.0. The van der Waals surface area contributed by atoms with Crippen LogP contribution in [0.2, 0.25) is 0 Å². The molecule has 0 amide bonds.